The number of rotatable bonds is 10. The molecule has 3 aromatic rings. The third-order valence-corrected chi connectivity index (χ3v) is 7.73. The molecule has 0 spiro atoms. The van der Waals surface area contributed by atoms with Crippen LogP contribution in [0.4, 0.5) is 0 Å². The van der Waals surface area contributed by atoms with Crippen LogP contribution in [0, 0.1) is 0 Å². The van der Waals surface area contributed by atoms with Gasteiger partial charge in [0.05, 0.1) is 17.0 Å². The molecule has 0 saturated heterocycles. The van der Waals surface area contributed by atoms with Gasteiger partial charge in [-0.2, -0.15) is 13.5 Å². The fraction of sp³-hybridized carbons (Fsp3) is 0.250. The summed E-state index contributed by atoms with van der Waals surface area (Å²) >= 11 is 1.33. The van der Waals surface area contributed by atoms with Crippen molar-refractivity contribution < 1.29 is 22.8 Å². The predicted molar refractivity (Wildman–Crippen MR) is 144 cm³/mol. The van der Waals surface area contributed by atoms with E-state index < -0.39 is 22.0 Å². The van der Waals surface area contributed by atoms with E-state index in [0.717, 1.165) is 15.6 Å². The van der Waals surface area contributed by atoms with Crippen LogP contribution in [-0.4, -0.2) is 62.0 Å². The average Bonchev–Trinajstić information content (AvgIpc) is 3.30. The van der Waals surface area contributed by atoms with Crippen LogP contribution in [0.25, 0.3) is 11.3 Å². The molecule has 0 aliphatic carbocycles. The van der Waals surface area contributed by atoms with E-state index in [1.54, 1.807) is 0 Å². The Labute approximate surface area is 221 Å². The van der Waals surface area contributed by atoms with Crippen LogP contribution in [0.15, 0.2) is 64.9 Å². The maximum atomic E-state index is 13.1. The molecule has 36 heavy (non-hydrogen) atoms. The van der Waals surface area contributed by atoms with Crippen LogP contribution in [0.5, 0.6) is 0 Å². The number of carbonyl (C=O) groups is 3. The number of benzene rings is 2. The minimum Gasteiger partial charge on any atom is -0.354 e. The molecular formula is C24H28N4O5S3. The molecule has 0 saturated carbocycles. The zero-order valence-electron chi connectivity index (χ0n) is 20.0. The van der Waals surface area contributed by atoms with E-state index in [1.165, 1.54) is 56.6 Å². The zero-order chi connectivity index (χ0) is 25.6. The lowest BCUT2D eigenvalue weighted by Crippen LogP contribution is -2.48. The second-order valence-electron chi connectivity index (χ2n) is 7.91. The lowest BCUT2D eigenvalue weighted by molar-refractivity contribution is -0.121. The third kappa shape index (κ3) is 7.47. The summed E-state index contributed by atoms with van der Waals surface area (Å²) in [6.07, 6.45) is -0.0307. The predicted octanol–water partition coefficient (Wildman–Crippen LogP) is 2.22. The highest BCUT2D eigenvalue weighted by molar-refractivity contribution is 7.89. The van der Waals surface area contributed by atoms with Crippen LogP contribution in [0.1, 0.15) is 22.3 Å². The average molecular weight is 549 g/mol. The highest BCUT2D eigenvalue weighted by atomic mass is 32.2. The Kier molecular flexibility index (Phi) is 10.3. The summed E-state index contributed by atoms with van der Waals surface area (Å²) < 4.78 is 25.9. The second kappa shape index (κ2) is 12.8. The number of sulfonamides is 1. The monoisotopic (exact) mass is 548 g/mol. The van der Waals surface area contributed by atoms with Gasteiger partial charge >= 0.3 is 0 Å². The number of ketones is 1. The molecule has 0 aliphatic heterocycles. The normalized spacial score (nSPS) is 11.9. The van der Waals surface area contributed by atoms with Crippen molar-refractivity contribution in [1.82, 2.24) is 19.9 Å². The first-order valence-electron chi connectivity index (χ1n) is 10.7. The first kappa shape index (κ1) is 29.2. The third-order valence-electron chi connectivity index (χ3n) is 5.07. The lowest BCUT2D eigenvalue weighted by Gasteiger charge is -2.18. The molecule has 0 radical (unpaired) electrons. The zero-order valence-corrected chi connectivity index (χ0v) is 22.7. The first-order chi connectivity index (χ1) is 16.6. The van der Waals surface area contributed by atoms with E-state index in [-0.39, 0.29) is 48.6 Å². The van der Waals surface area contributed by atoms with Gasteiger partial charge in [0.2, 0.25) is 15.9 Å². The minimum absolute atomic E-state index is 0. The Morgan fingerprint density at radius 1 is 1.06 bits per heavy atom. The van der Waals surface area contributed by atoms with Crippen molar-refractivity contribution >= 4 is 52.5 Å². The van der Waals surface area contributed by atoms with Gasteiger partial charge in [-0.25, -0.2) is 17.7 Å². The van der Waals surface area contributed by atoms with Crippen molar-refractivity contribution in [2.24, 2.45) is 0 Å². The van der Waals surface area contributed by atoms with E-state index in [0.29, 0.717) is 5.01 Å². The molecule has 0 bridgehead atoms. The summed E-state index contributed by atoms with van der Waals surface area (Å²) in [5.74, 6) is -1.32. The van der Waals surface area contributed by atoms with E-state index in [2.05, 4.69) is 15.6 Å². The van der Waals surface area contributed by atoms with Crippen LogP contribution in [-0.2, 0) is 26.0 Å². The number of nitrogens with one attached hydrogen (secondary N) is 2. The molecule has 2 N–H and O–H groups in total. The number of thiazole rings is 1. The van der Waals surface area contributed by atoms with Crippen molar-refractivity contribution in [1.29, 1.82) is 0 Å². The number of aromatic nitrogens is 1. The fourth-order valence-electron chi connectivity index (χ4n) is 3.15. The van der Waals surface area contributed by atoms with Gasteiger partial charge in [0.25, 0.3) is 5.91 Å². The summed E-state index contributed by atoms with van der Waals surface area (Å²) in [6, 6.07) is 14.1. The number of hydrogen-bond acceptors (Lipinski definition) is 7. The standard InChI is InChI=1S/C24H26N4O5S2.H2S/c1-16(29)25-14-20(22(30)13-23-26-21(15-34-23)17-8-5-4-6-9-17)27-24(31)18-10-7-11-19(12-18)35(32,33)28(2)3;/h4-12,15,20H,13-14H2,1-3H3,(H,25,29)(H,27,31);1H2/t20-;/m0./s1. The molecule has 0 unspecified atom stereocenters. The Morgan fingerprint density at radius 3 is 2.39 bits per heavy atom. The van der Waals surface area contributed by atoms with Crippen molar-refractivity contribution in [3.63, 3.8) is 0 Å². The second-order valence-corrected chi connectivity index (χ2v) is 11.0. The minimum atomic E-state index is -3.74. The molecule has 3 rings (SSSR count). The Balaban J connectivity index is 0.00000456. The van der Waals surface area contributed by atoms with E-state index >= 15 is 0 Å². The fourth-order valence-corrected chi connectivity index (χ4v) is 4.91. The lowest BCUT2D eigenvalue weighted by atomic mass is 10.1. The molecule has 1 heterocycles. The Bertz CT molecular complexity index is 1320. The summed E-state index contributed by atoms with van der Waals surface area (Å²) in [5.41, 5.74) is 1.76. The maximum absolute atomic E-state index is 13.1. The molecular weight excluding hydrogens is 520 g/mol. The summed E-state index contributed by atoms with van der Waals surface area (Å²) in [7, 11) is -0.948. The van der Waals surface area contributed by atoms with Crippen molar-refractivity contribution in [3.8, 4) is 11.3 Å². The highest BCUT2D eigenvalue weighted by Crippen LogP contribution is 2.22. The number of nitrogens with zero attached hydrogens (tertiary/aromatic N) is 2. The number of hydrogen-bond donors (Lipinski definition) is 2. The smallest absolute Gasteiger partial charge is 0.251 e. The molecule has 2 amide bonds. The topological polar surface area (TPSA) is 126 Å². The van der Waals surface area contributed by atoms with Gasteiger partial charge in [0, 0.05) is 44.1 Å². The summed E-state index contributed by atoms with van der Waals surface area (Å²) in [5, 5.41) is 7.61. The molecule has 1 atom stereocenters. The summed E-state index contributed by atoms with van der Waals surface area (Å²) in [6.45, 7) is 1.21. The SMILES string of the molecule is CC(=O)NC[C@H](NC(=O)c1cccc(S(=O)(=O)N(C)C)c1)C(=O)Cc1nc(-c2ccccc2)cs1.S. The molecule has 0 aliphatic rings. The number of carbonyl (C=O) groups excluding carboxylic acids is 3. The van der Waals surface area contributed by atoms with Crippen LogP contribution in [0.3, 0.4) is 0 Å². The van der Waals surface area contributed by atoms with Crippen molar-refractivity contribution in [3.05, 3.63) is 70.5 Å². The van der Waals surface area contributed by atoms with Gasteiger partial charge in [-0.3, -0.25) is 14.4 Å². The van der Waals surface area contributed by atoms with Crippen LogP contribution >= 0.6 is 24.8 Å². The van der Waals surface area contributed by atoms with Gasteiger partial charge in [-0.15, -0.1) is 11.3 Å². The highest BCUT2D eigenvalue weighted by Gasteiger charge is 2.24. The molecule has 0 fully saturated rings. The van der Waals surface area contributed by atoms with Gasteiger partial charge in [0.15, 0.2) is 5.78 Å². The molecule has 9 nitrogen and oxygen atoms in total. The van der Waals surface area contributed by atoms with Gasteiger partial charge in [0.1, 0.15) is 11.0 Å². The van der Waals surface area contributed by atoms with Crippen LogP contribution in [0.2, 0.25) is 0 Å². The molecule has 2 aromatic carbocycles. The quantitative estimate of drug-likeness (QED) is 0.400. The van der Waals surface area contributed by atoms with E-state index in [4.69, 9.17) is 0 Å². The molecule has 192 valence electrons. The summed E-state index contributed by atoms with van der Waals surface area (Å²) in [4.78, 5) is 41.9. The number of amides is 2. The van der Waals surface area contributed by atoms with Gasteiger partial charge in [-0.05, 0) is 18.2 Å². The van der Waals surface area contributed by atoms with Crippen molar-refractivity contribution in [2.45, 2.75) is 24.3 Å². The van der Waals surface area contributed by atoms with Crippen molar-refractivity contribution in [2.75, 3.05) is 20.6 Å². The first-order valence-corrected chi connectivity index (χ1v) is 13.0. The van der Waals surface area contributed by atoms with E-state index in [1.807, 2.05) is 35.7 Å². The molecule has 12 heteroatoms. The molecule has 1 aromatic heterocycles. The largest absolute Gasteiger partial charge is 0.354 e. The maximum Gasteiger partial charge on any atom is 0.251 e. The Hall–Kier alpha value is -3.06. The Morgan fingerprint density at radius 2 is 1.75 bits per heavy atom. The van der Waals surface area contributed by atoms with Crippen LogP contribution < -0.4 is 10.6 Å². The van der Waals surface area contributed by atoms with E-state index in [9.17, 15) is 22.8 Å². The van der Waals surface area contributed by atoms with Gasteiger partial charge < -0.3 is 10.6 Å². The number of Topliss-reactive ketones (excluding diaryl/α,β-unsaturated/α-hetero) is 1. The van der Waals surface area contributed by atoms with Gasteiger partial charge in [-0.1, -0.05) is 36.4 Å².